The Morgan fingerprint density at radius 1 is 0.608 bits per heavy atom. The summed E-state index contributed by atoms with van der Waals surface area (Å²) >= 11 is 0. The number of hydrogen-bond acceptors (Lipinski definition) is 9. The molecule has 0 fully saturated rings. The number of carbonyl (C=O) groups is 3. The van der Waals surface area contributed by atoms with E-state index in [1.165, 1.54) is 11.1 Å². The quantitative estimate of drug-likeness (QED) is 0.0756. The maximum Gasteiger partial charge on any atom is 0.335 e. The SMILES string of the molecule is CCN1/C(=C\C2=C([O-])C(=C/C3=[N+](C)c4ccc(COO)cc4C3(C)C)/C2=O)C(C)(C)c2cc3c(cc21)C(C)(C)c1cc2c(cc1-3)C(C)(C)/C(=C\C1=C([O-])C(=C/C3=[N+](C)c4ccc(C(=O)O)cc4C3(C)C)/C1=O)N2C. The van der Waals surface area contributed by atoms with Gasteiger partial charge in [0.2, 0.25) is 11.4 Å². The van der Waals surface area contributed by atoms with Crippen molar-refractivity contribution in [3.63, 3.8) is 0 Å². The van der Waals surface area contributed by atoms with Gasteiger partial charge < -0.3 is 25.1 Å². The van der Waals surface area contributed by atoms with Crippen molar-refractivity contribution in [2.45, 2.75) is 110 Å². The molecule has 12 heteroatoms. The molecule has 74 heavy (non-hydrogen) atoms. The van der Waals surface area contributed by atoms with Gasteiger partial charge in [0.1, 0.15) is 20.7 Å². The van der Waals surface area contributed by atoms with Crippen LogP contribution in [0.5, 0.6) is 0 Å². The molecule has 4 heterocycles. The van der Waals surface area contributed by atoms with E-state index < -0.39 is 33.0 Å². The van der Waals surface area contributed by atoms with Crippen molar-refractivity contribution in [2.24, 2.45) is 0 Å². The highest BCUT2D eigenvalue weighted by Crippen LogP contribution is 2.59. The molecular weight excluding hydrogens is 929 g/mol. The fourth-order valence-corrected chi connectivity index (χ4v) is 13.3. The first-order valence-corrected chi connectivity index (χ1v) is 25.3. The van der Waals surface area contributed by atoms with Gasteiger partial charge in [0.15, 0.2) is 23.0 Å². The smallest absolute Gasteiger partial charge is 0.335 e. The number of likely N-dealkylation sites (N-methyl/N-ethyl adjacent to an activating group) is 2. The third kappa shape index (κ3) is 6.30. The minimum atomic E-state index is -1.02. The summed E-state index contributed by atoms with van der Waals surface area (Å²) < 4.78 is 3.95. The molecule has 0 spiro atoms. The second-order valence-electron chi connectivity index (χ2n) is 23.6. The maximum atomic E-state index is 14.1. The number of Topliss-reactive ketones (excluding diaryl/α,β-unsaturated/α-hetero) is 2. The standard InChI is InChI=1S/C62H62N4O8/c1-15-66-48-29-40-34(23-44(48)62(10,11)52(66)27-38-55(69)36(56(38)70)24-49-59(4,5)41-20-31(30-74-73)16-18-45(41)63(49)12)33-22-43-47(28-39(33)58(40,2)3)65(14)51(61(43,8)9)26-37-53(67)35(54(37)68)25-50-60(6,7)42-21-32(57(71)72)17-19-46(42)64(50)13/h16-29H,15,30H2,1-14H3,(H2-2,67,68,69,70,71,72,73). The lowest BCUT2D eigenvalue weighted by Crippen LogP contribution is -2.34. The topological polar surface area (TPSA) is 160 Å². The van der Waals surface area contributed by atoms with Gasteiger partial charge in [-0.25, -0.2) is 9.68 Å². The van der Waals surface area contributed by atoms with Crippen LogP contribution >= 0.6 is 0 Å². The Morgan fingerprint density at radius 3 is 1.58 bits per heavy atom. The lowest BCUT2D eigenvalue weighted by atomic mass is 9.77. The Kier molecular flexibility index (Phi) is 10.3. The minimum Gasteiger partial charge on any atom is -0.871 e. The van der Waals surface area contributed by atoms with E-state index in [1.807, 2.05) is 68.4 Å². The molecule has 0 unspecified atom stereocenters. The molecule has 378 valence electrons. The van der Waals surface area contributed by atoms with Crippen molar-refractivity contribution in [3.05, 3.63) is 175 Å². The molecule has 11 rings (SSSR count). The number of rotatable bonds is 8. The zero-order valence-corrected chi connectivity index (χ0v) is 44.6. The molecule has 0 radical (unpaired) electrons. The predicted octanol–water partition coefficient (Wildman–Crippen LogP) is 8.95. The van der Waals surface area contributed by atoms with Crippen LogP contribution in [0.3, 0.4) is 0 Å². The van der Waals surface area contributed by atoms with Gasteiger partial charge in [-0.1, -0.05) is 53.1 Å². The number of nitrogens with zero attached hydrogens (tertiary/aromatic N) is 4. The van der Waals surface area contributed by atoms with Gasteiger partial charge in [0, 0.05) is 110 Å². The van der Waals surface area contributed by atoms with Crippen LogP contribution in [-0.2, 0) is 48.2 Å². The van der Waals surface area contributed by atoms with Crippen LogP contribution < -0.4 is 20.0 Å². The fourth-order valence-electron chi connectivity index (χ4n) is 13.3. The molecule has 2 N–H and O–H groups in total. The van der Waals surface area contributed by atoms with E-state index in [4.69, 9.17) is 5.26 Å². The zero-order valence-electron chi connectivity index (χ0n) is 44.6. The van der Waals surface area contributed by atoms with E-state index in [1.54, 1.807) is 36.4 Å². The summed E-state index contributed by atoms with van der Waals surface area (Å²) in [5.74, 6) is -2.19. The van der Waals surface area contributed by atoms with Crippen molar-refractivity contribution in [1.82, 2.24) is 0 Å². The van der Waals surface area contributed by atoms with Crippen molar-refractivity contribution in [1.29, 1.82) is 0 Å². The molecule has 0 bridgehead atoms. The number of hydrogen-bond donors (Lipinski definition) is 2. The lowest BCUT2D eigenvalue weighted by Gasteiger charge is -2.32. The highest BCUT2D eigenvalue weighted by Gasteiger charge is 2.50. The molecular formula is C62H62N4O8. The number of carbonyl (C=O) groups excluding carboxylic acids is 2. The Hall–Kier alpha value is -7.41. The summed E-state index contributed by atoms with van der Waals surface area (Å²) in [7, 11) is 5.80. The first-order valence-electron chi connectivity index (χ1n) is 25.3. The van der Waals surface area contributed by atoms with Crippen LogP contribution in [-0.4, -0.2) is 76.2 Å². The van der Waals surface area contributed by atoms with E-state index in [0.29, 0.717) is 6.54 Å². The molecule has 4 aromatic carbocycles. The predicted molar refractivity (Wildman–Crippen MR) is 283 cm³/mol. The molecule has 0 saturated carbocycles. The Bertz CT molecular complexity index is 3650. The maximum absolute atomic E-state index is 14.1. The molecule has 4 aliphatic heterocycles. The number of carboxylic acids is 1. The van der Waals surface area contributed by atoms with Crippen molar-refractivity contribution >= 4 is 51.7 Å². The van der Waals surface area contributed by atoms with Crippen LogP contribution in [0.2, 0.25) is 0 Å². The van der Waals surface area contributed by atoms with Crippen molar-refractivity contribution < 1.29 is 49.0 Å². The highest BCUT2D eigenvalue weighted by atomic mass is 17.1. The number of anilines is 2. The van der Waals surface area contributed by atoms with Crippen LogP contribution in [0.25, 0.3) is 11.1 Å². The molecule has 4 aromatic rings. The van der Waals surface area contributed by atoms with E-state index in [-0.39, 0.29) is 57.5 Å². The lowest BCUT2D eigenvalue weighted by molar-refractivity contribution is -0.401. The summed E-state index contributed by atoms with van der Waals surface area (Å²) in [6, 6.07) is 20.0. The molecule has 0 saturated heterocycles. The molecule has 0 aromatic heterocycles. The summed E-state index contributed by atoms with van der Waals surface area (Å²) in [6.07, 6.45) is 7.01. The van der Waals surface area contributed by atoms with Crippen LogP contribution in [0, 0.1) is 0 Å². The molecule has 3 aliphatic carbocycles. The monoisotopic (exact) mass is 990 g/mol. The van der Waals surface area contributed by atoms with Gasteiger partial charge in [-0.3, -0.25) is 14.8 Å². The van der Waals surface area contributed by atoms with Crippen LogP contribution in [0.15, 0.2) is 130 Å². The third-order valence-electron chi connectivity index (χ3n) is 17.8. The van der Waals surface area contributed by atoms with Gasteiger partial charge in [-0.2, -0.15) is 9.15 Å². The number of allylic oxidation sites excluding steroid dienone is 10. The van der Waals surface area contributed by atoms with Gasteiger partial charge >= 0.3 is 5.97 Å². The number of aromatic carboxylic acids is 1. The Labute approximate surface area is 432 Å². The van der Waals surface area contributed by atoms with E-state index in [2.05, 4.69) is 101 Å². The van der Waals surface area contributed by atoms with Gasteiger partial charge in [0.25, 0.3) is 0 Å². The van der Waals surface area contributed by atoms with Crippen LogP contribution in [0.1, 0.15) is 125 Å². The normalized spacial score (nSPS) is 23.1. The number of fused-ring (bicyclic) bond motifs is 7. The fraction of sp³-hybridized carbons (Fsp3) is 0.339. The van der Waals surface area contributed by atoms with E-state index in [9.17, 15) is 29.7 Å². The minimum absolute atomic E-state index is 0.0565. The molecule has 0 atom stereocenters. The van der Waals surface area contributed by atoms with Gasteiger partial charge in [0.05, 0.1) is 16.4 Å². The Balaban J connectivity index is 0.913. The first-order chi connectivity index (χ1) is 34.6. The molecule has 7 aliphatic rings. The average Bonchev–Trinajstić information content (AvgIpc) is 3.93. The summed E-state index contributed by atoms with van der Waals surface area (Å²) in [5.41, 5.74) is 14.7. The zero-order chi connectivity index (χ0) is 53.4. The van der Waals surface area contributed by atoms with E-state index in [0.717, 1.165) is 84.5 Å². The molecule has 0 amide bonds. The van der Waals surface area contributed by atoms with Crippen molar-refractivity contribution in [3.8, 4) is 11.1 Å². The average molecular weight is 991 g/mol. The van der Waals surface area contributed by atoms with Gasteiger partial charge in [-0.05, 0) is 134 Å². The second kappa shape index (κ2) is 15.6. The largest absolute Gasteiger partial charge is 0.871 e. The number of benzene rings is 4. The summed E-state index contributed by atoms with van der Waals surface area (Å²) in [4.78, 5) is 48.7. The molecule has 12 nitrogen and oxygen atoms in total. The third-order valence-corrected chi connectivity index (χ3v) is 17.8. The number of ketones is 2. The summed E-state index contributed by atoms with van der Waals surface area (Å²) in [5, 5.41) is 46.8. The second-order valence-corrected chi connectivity index (χ2v) is 23.6. The van der Waals surface area contributed by atoms with Gasteiger partial charge in [-0.15, -0.1) is 0 Å². The summed E-state index contributed by atoms with van der Waals surface area (Å²) in [6.45, 7) is 23.9. The number of carboxylic acid groups (broad SMARTS) is 1. The first kappa shape index (κ1) is 48.8. The van der Waals surface area contributed by atoms with Crippen LogP contribution in [0.4, 0.5) is 22.7 Å². The van der Waals surface area contributed by atoms with E-state index >= 15 is 0 Å². The Morgan fingerprint density at radius 2 is 1.08 bits per heavy atom. The van der Waals surface area contributed by atoms with Crippen molar-refractivity contribution in [2.75, 3.05) is 37.5 Å². The highest BCUT2D eigenvalue weighted by molar-refractivity contribution is 6.25.